The van der Waals surface area contributed by atoms with E-state index in [0.717, 1.165) is 25.4 Å². The number of rotatable bonds is 6. The minimum Gasteiger partial charge on any atom is -0.480 e. The summed E-state index contributed by atoms with van der Waals surface area (Å²) in [4.78, 5) is 12.6. The molecule has 0 radical (unpaired) electrons. The summed E-state index contributed by atoms with van der Waals surface area (Å²) in [6, 6.07) is 0. The molecular formula is C10H19NO2. The lowest BCUT2D eigenvalue weighted by Gasteiger charge is -2.31. The zero-order valence-electron chi connectivity index (χ0n) is 8.33. The fraction of sp³-hybridized carbons (Fsp3) is 0.900. The van der Waals surface area contributed by atoms with Gasteiger partial charge in [-0.1, -0.05) is 13.3 Å². The molecule has 0 heterocycles. The molecule has 3 nitrogen and oxygen atoms in total. The van der Waals surface area contributed by atoms with Crippen LogP contribution in [0.4, 0.5) is 0 Å². The lowest BCUT2D eigenvalue weighted by molar-refractivity contribution is -0.138. The van der Waals surface area contributed by atoms with Crippen molar-refractivity contribution >= 4 is 5.97 Å². The van der Waals surface area contributed by atoms with Gasteiger partial charge in [-0.2, -0.15) is 0 Å². The zero-order chi connectivity index (χ0) is 9.68. The molecule has 3 heteroatoms. The topological polar surface area (TPSA) is 40.5 Å². The van der Waals surface area contributed by atoms with Crippen molar-refractivity contribution in [3.63, 3.8) is 0 Å². The van der Waals surface area contributed by atoms with Gasteiger partial charge < -0.3 is 5.11 Å². The molecule has 13 heavy (non-hydrogen) atoms. The fourth-order valence-corrected chi connectivity index (χ4v) is 1.78. The fourth-order valence-electron chi connectivity index (χ4n) is 1.78. The van der Waals surface area contributed by atoms with Crippen molar-refractivity contribution in [1.82, 2.24) is 4.90 Å². The third-order valence-electron chi connectivity index (χ3n) is 2.64. The van der Waals surface area contributed by atoms with Gasteiger partial charge in [0.2, 0.25) is 0 Å². The molecule has 0 amide bonds. The Morgan fingerprint density at radius 2 is 2.23 bits per heavy atom. The summed E-state index contributed by atoms with van der Waals surface area (Å²) < 4.78 is 0. The second-order valence-corrected chi connectivity index (χ2v) is 3.93. The Morgan fingerprint density at radius 1 is 1.54 bits per heavy atom. The van der Waals surface area contributed by atoms with Crippen LogP contribution in [0.2, 0.25) is 0 Å². The summed E-state index contributed by atoms with van der Waals surface area (Å²) in [6.45, 7) is 4.21. The maximum Gasteiger partial charge on any atom is 0.317 e. The van der Waals surface area contributed by atoms with Crippen molar-refractivity contribution in [2.75, 3.05) is 19.6 Å². The molecule has 1 N–H and O–H groups in total. The Balaban J connectivity index is 2.23. The molecule has 0 aromatic carbocycles. The van der Waals surface area contributed by atoms with Gasteiger partial charge in [0.25, 0.3) is 0 Å². The van der Waals surface area contributed by atoms with Gasteiger partial charge in [-0.15, -0.1) is 0 Å². The average Bonchev–Trinajstić information content (AvgIpc) is 1.96. The first-order chi connectivity index (χ1) is 6.22. The Kier molecular flexibility index (Phi) is 4.22. The highest BCUT2D eigenvalue weighted by Gasteiger charge is 2.21. The number of hydrogen-bond acceptors (Lipinski definition) is 2. The quantitative estimate of drug-likeness (QED) is 0.683. The van der Waals surface area contributed by atoms with Gasteiger partial charge in [0, 0.05) is 6.54 Å². The summed E-state index contributed by atoms with van der Waals surface area (Å²) in [7, 11) is 0. The van der Waals surface area contributed by atoms with Crippen LogP contribution in [0.1, 0.15) is 32.6 Å². The summed E-state index contributed by atoms with van der Waals surface area (Å²) in [6.07, 6.45) is 4.96. The molecule has 0 saturated heterocycles. The van der Waals surface area contributed by atoms with Crippen LogP contribution in [0.15, 0.2) is 0 Å². The molecule has 1 saturated carbocycles. The second-order valence-electron chi connectivity index (χ2n) is 3.93. The van der Waals surface area contributed by atoms with Crippen LogP contribution >= 0.6 is 0 Å². The van der Waals surface area contributed by atoms with E-state index < -0.39 is 5.97 Å². The smallest absolute Gasteiger partial charge is 0.317 e. The van der Waals surface area contributed by atoms with E-state index in [0.29, 0.717) is 0 Å². The van der Waals surface area contributed by atoms with Gasteiger partial charge in [-0.3, -0.25) is 9.69 Å². The highest BCUT2D eigenvalue weighted by Crippen LogP contribution is 2.26. The van der Waals surface area contributed by atoms with E-state index in [9.17, 15) is 4.79 Å². The molecule has 1 fully saturated rings. The molecule has 1 rings (SSSR count). The van der Waals surface area contributed by atoms with Crippen LogP contribution in [0.5, 0.6) is 0 Å². The van der Waals surface area contributed by atoms with Gasteiger partial charge in [0.1, 0.15) is 0 Å². The van der Waals surface area contributed by atoms with Crippen molar-refractivity contribution in [2.24, 2.45) is 5.92 Å². The Labute approximate surface area is 79.7 Å². The minimum absolute atomic E-state index is 0.213. The third kappa shape index (κ3) is 3.77. The number of hydrogen-bond donors (Lipinski definition) is 1. The van der Waals surface area contributed by atoms with Gasteiger partial charge >= 0.3 is 5.97 Å². The predicted octanol–water partition coefficient (Wildman–Crippen LogP) is 1.58. The molecule has 1 aliphatic carbocycles. The van der Waals surface area contributed by atoms with E-state index in [2.05, 4.69) is 11.8 Å². The van der Waals surface area contributed by atoms with E-state index in [1.165, 1.54) is 19.3 Å². The van der Waals surface area contributed by atoms with Crippen LogP contribution in [0.3, 0.4) is 0 Å². The molecule has 0 spiro atoms. The SMILES string of the molecule is CCCN(CC(=O)O)CC1CCC1. The monoisotopic (exact) mass is 185 g/mol. The minimum atomic E-state index is -0.701. The molecule has 1 aliphatic rings. The lowest BCUT2D eigenvalue weighted by Crippen LogP contribution is -2.36. The lowest BCUT2D eigenvalue weighted by atomic mass is 9.85. The first-order valence-corrected chi connectivity index (χ1v) is 5.16. The third-order valence-corrected chi connectivity index (χ3v) is 2.64. The number of carboxylic acid groups (broad SMARTS) is 1. The van der Waals surface area contributed by atoms with E-state index in [1.54, 1.807) is 0 Å². The molecule has 0 bridgehead atoms. The van der Waals surface area contributed by atoms with Crippen molar-refractivity contribution in [3.8, 4) is 0 Å². The number of carbonyl (C=O) groups is 1. The van der Waals surface area contributed by atoms with Crippen molar-refractivity contribution < 1.29 is 9.90 Å². The van der Waals surface area contributed by atoms with E-state index >= 15 is 0 Å². The Bertz CT molecular complexity index is 166. The number of nitrogens with zero attached hydrogens (tertiary/aromatic N) is 1. The molecule has 0 aliphatic heterocycles. The molecule has 0 aromatic rings. The summed E-state index contributed by atoms with van der Waals surface area (Å²) in [5, 5.41) is 8.67. The highest BCUT2D eigenvalue weighted by molar-refractivity contribution is 5.69. The first-order valence-electron chi connectivity index (χ1n) is 5.16. The van der Waals surface area contributed by atoms with E-state index in [-0.39, 0.29) is 6.54 Å². The second kappa shape index (κ2) is 5.22. The van der Waals surface area contributed by atoms with Crippen LogP contribution in [-0.2, 0) is 4.79 Å². The highest BCUT2D eigenvalue weighted by atomic mass is 16.4. The maximum absolute atomic E-state index is 10.5. The molecule has 0 atom stereocenters. The van der Waals surface area contributed by atoms with Crippen LogP contribution in [0, 0.1) is 5.92 Å². The number of carboxylic acids is 1. The maximum atomic E-state index is 10.5. The molecule has 76 valence electrons. The van der Waals surface area contributed by atoms with Crippen molar-refractivity contribution in [3.05, 3.63) is 0 Å². The van der Waals surface area contributed by atoms with E-state index in [4.69, 9.17) is 5.11 Å². The molecular weight excluding hydrogens is 166 g/mol. The average molecular weight is 185 g/mol. The predicted molar refractivity (Wildman–Crippen MR) is 51.7 cm³/mol. The Morgan fingerprint density at radius 3 is 2.62 bits per heavy atom. The zero-order valence-corrected chi connectivity index (χ0v) is 8.33. The number of aliphatic carboxylic acids is 1. The molecule has 0 unspecified atom stereocenters. The Hall–Kier alpha value is -0.570. The normalized spacial score (nSPS) is 17.4. The summed E-state index contributed by atoms with van der Waals surface area (Å²) in [5.41, 5.74) is 0. The van der Waals surface area contributed by atoms with Crippen LogP contribution in [0.25, 0.3) is 0 Å². The largest absolute Gasteiger partial charge is 0.480 e. The van der Waals surface area contributed by atoms with Gasteiger partial charge in [0.15, 0.2) is 0 Å². The first kappa shape index (κ1) is 10.5. The molecule has 0 aromatic heterocycles. The summed E-state index contributed by atoms with van der Waals surface area (Å²) in [5.74, 6) is 0.0682. The van der Waals surface area contributed by atoms with Crippen LogP contribution in [-0.4, -0.2) is 35.6 Å². The van der Waals surface area contributed by atoms with E-state index in [1.807, 2.05) is 0 Å². The standard InChI is InChI=1S/C10H19NO2/c1-2-6-11(8-10(12)13)7-9-4-3-5-9/h9H,2-8H2,1H3,(H,12,13). The van der Waals surface area contributed by atoms with Gasteiger partial charge in [0.05, 0.1) is 6.54 Å². The summed E-state index contributed by atoms with van der Waals surface area (Å²) >= 11 is 0. The van der Waals surface area contributed by atoms with Gasteiger partial charge in [-0.25, -0.2) is 0 Å². The van der Waals surface area contributed by atoms with Crippen molar-refractivity contribution in [1.29, 1.82) is 0 Å². The van der Waals surface area contributed by atoms with Crippen molar-refractivity contribution in [2.45, 2.75) is 32.6 Å². The van der Waals surface area contributed by atoms with Gasteiger partial charge in [-0.05, 0) is 31.7 Å². The van der Waals surface area contributed by atoms with Crippen LogP contribution < -0.4 is 0 Å².